The van der Waals surface area contributed by atoms with Gasteiger partial charge in [-0.3, -0.25) is 4.98 Å². The van der Waals surface area contributed by atoms with E-state index in [1.807, 2.05) is 54.6 Å². The van der Waals surface area contributed by atoms with Gasteiger partial charge in [-0.15, -0.1) is 0 Å². The van der Waals surface area contributed by atoms with Gasteiger partial charge in [0.1, 0.15) is 5.56 Å². The Morgan fingerprint density at radius 1 is 1.09 bits per heavy atom. The second-order valence-corrected chi connectivity index (χ2v) is 5.12. The number of benzene rings is 2. The molecule has 4 nitrogen and oxygen atoms in total. The molecule has 0 spiro atoms. The summed E-state index contributed by atoms with van der Waals surface area (Å²) >= 11 is 0. The molecule has 1 aromatic heterocycles. The number of para-hydroxylation sites is 1. The van der Waals surface area contributed by atoms with Crippen molar-refractivity contribution in [3.63, 3.8) is 0 Å². The number of carbonyl (C=O) groups excluding carboxylic acids is 1. The van der Waals surface area contributed by atoms with Crippen LogP contribution >= 0.6 is 0 Å². The van der Waals surface area contributed by atoms with E-state index in [4.69, 9.17) is 4.74 Å². The summed E-state index contributed by atoms with van der Waals surface area (Å²) in [5, 5.41) is 4.28. The predicted octanol–water partition coefficient (Wildman–Crippen LogP) is 4.02. The van der Waals surface area contributed by atoms with Gasteiger partial charge in [0, 0.05) is 18.1 Å². The zero-order chi connectivity index (χ0) is 16.1. The van der Waals surface area contributed by atoms with Gasteiger partial charge in [0.25, 0.3) is 0 Å². The first-order valence-electron chi connectivity index (χ1n) is 7.62. The lowest BCUT2D eigenvalue weighted by Gasteiger charge is -2.14. The predicted molar refractivity (Wildman–Crippen MR) is 91.5 cm³/mol. The van der Waals surface area contributed by atoms with Crippen molar-refractivity contribution in [1.29, 1.82) is 0 Å². The molecular weight excluding hydrogens is 288 g/mol. The van der Waals surface area contributed by atoms with Crippen molar-refractivity contribution in [3.05, 3.63) is 71.9 Å². The van der Waals surface area contributed by atoms with Gasteiger partial charge >= 0.3 is 5.97 Å². The van der Waals surface area contributed by atoms with E-state index in [2.05, 4.69) is 10.3 Å². The maximum absolute atomic E-state index is 12.2. The smallest absolute Gasteiger partial charge is 0.341 e. The first-order chi connectivity index (χ1) is 11.3. The van der Waals surface area contributed by atoms with Gasteiger partial charge in [-0.2, -0.15) is 0 Å². The molecule has 0 unspecified atom stereocenters. The minimum atomic E-state index is -0.360. The van der Waals surface area contributed by atoms with Crippen molar-refractivity contribution in [2.24, 2.45) is 0 Å². The van der Waals surface area contributed by atoms with Gasteiger partial charge in [-0.25, -0.2) is 4.79 Å². The molecule has 23 heavy (non-hydrogen) atoms. The Morgan fingerprint density at radius 2 is 1.83 bits per heavy atom. The molecule has 3 aromatic rings. The van der Waals surface area contributed by atoms with Gasteiger partial charge in [-0.1, -0.05) is 48.5 Å². The number of rotatable bonds is 5. The zero-order valence-electron chi connectivity index (χ0n) is 13.0. The quantitative estimate of drug-likeness (QED) is 0.723. The fraction of sp³-hybridized carbons (Fsp3) is 0.158. The zero-order valence-corrected chi connectivity index (χ0v) is 13.0. The largest absolute Gasteiger partial charge is 0.462 e. The molecule has 0 aliphatic heterocycles. The highest BCUT2D eigenvalue weighted by Gasteiger charge is 2.16. The average molecular weight is 306 g/mol. The maximum atomic E-state index is 12.2. The van der Waals surface area contributed by atoms with Gasteiger partial charge in [0.15, 0.2) is 0 Å². The molecule has 1 heterocycles. The van der Waals surface area contributed by atoms with Crippen molar-refractivity contribution >= 4 is 22.6 Å². The number of esters is 1. The number of anilines is 1. The summed E-state index contributed by atoms with van der Waals surface area (Å²) in [6.07, 6.45) is 1.58. The summed E-state index contributed by atoms with van der Waals surface area (Å²) in [4.78, 5) is 16.6. The Labute approximate surface area is 135 Å². The number of pyridine rings is 1. The molecule has 1 N–H and O–H groups in total. The molecule has 0 saturated heterocycles. The second-order valence-electron chi connectivity index (χ2n) is 5.12. The second kappa shape index (κ2) is 6.92. The first kappa shape index (κ1) is 15.0. The Bertz CT molecular complexity index is 816. The van der Waals surface area contributed by atoms with Crippen molar-refractivity contribution < 1.29 is 9.53 Å². The number of nitrogens with zero attached hydrogens (tertiary/aromatic N) is 1. The van der Waals surface area contributed by atoms with Crippen LogP contribution in [-0.2, 0) is 11.3 Å². The molecule has 0 aliphatic carbocycles. The Balaban J connectivity index is 2.00. The van der Waals surface area contributed by atoms with Crippen LogP contribution in [-0.4, -0.2) is 17.6 Å². The highest BCUT2D eigenvalue weighted by atomic mass is 16.5. The van der Waals surface area contributed by atoms with Gasteiger partial charge < -0.3 is 10.1 Å². The highest BCUT2D eigenvalue weighted by Crippen LogP contribution is 2.27. The van der Waals surface area contributed by atoms with Gasteiger partial charge in [0.2, 0.25) is 0 Å². The molecule has 0 bridgehead atoms. The number of carbonyl (C=O) groups is 1. The molecule has 2 aromatic carbocycles. The highest BCUT2D eigenvalue weighted by molar-refractivity contribution is 6.04. The first-order valence-corrected chi connectivity index (χ1v) is 7.62. The molecular formula is C19H18N2O2. The number of ether oxygens (including phenoxy) is 1. The molecule has 0 fully saturated rings. The number of fused-ring (bicyclic) bond motifs is 1. The number of nitrogens with one attached hydrogen (secondary N) is 1. The van der Waals surface area contributed by atoms with E-state index in [1.165, 1.54) is 0 Å². The molecule has 116 valence electrons. The molecule has 4 heteroatoms. The standard InChI is InChI=1S/C19H18N2O2/c1-2-23-19(22)16-13-20-17-11-7-6-10-15(17)18(16)21-12-14-8-4-3-5-9-14/h3-11,13H,2,12H2,1H3,(H,20,21). The van der Waals surface area contributed by atoms with Crippen LogP contribution in [0, 0.1) is 0 Å². The minimum Gasteiger partial charge on any atom is -0.462 e. The van der Waals surface area contributed by atoms with E-state index in [9.17, 15) is 4.79 Å². The van der Waals surface area contributed by atoms with Crippen LogP contribution < -0.4 is 5.32 Å². The Kier molecular flexibility index (Phi) is 4.52. The lowest BCUT2D eigenvalue weighted by molar-refractivity contribution is 0.0527. The molecule has 0 radical (unpaired) electrons. The number of aromatic nitrogens is 1. The summed E-state index contributed by atoms with van der Waals surface area (Å²) in [6, 6.07) is 17.8. The molecule has 0 atom stereocenters. The van der Waals surface area contributed by atoms with E-state index >= 15 is 0 Å². The summed E-state index contributed by atoms with van der Waals surface area (Å²) in [6.45, 7) is 2.76. The van der Waals surface area contributed by atoms with Crippen LogP contribution in [0.5, 0.6) is 0 Å². The van der Waals surface area contributed by atoms with Crippen molar-refractivity contribution in [2.45, 2.75) is 13.5 Å². The van der Waals surface area contributed by atoms with Crippen LogP contribution in [0.4, 0.5) is 5.69 Å². The third kappa shape index (κ3) is 3.31. The molecule has 3 rings (SSSR count). The van der Waals surface area contributed by atoms with Crippen LogP contribution in [0.2, 0.25) is 0 Å². The summed E-state index contributed by atoms with van der Waals surface area (Å²) in [7, 11) is 0. The monoisotopic (exact) mass is 306 g/mol. The average Bonchev–Trinajstić information content (AvgIpc) is 2.60. The minimum absolute atomic E-state index is 0.337. The maximum Gasteiger partial charge on any atom is 0.341 e. The summed E-state index contributed by atoms with van der Waals surface area (Å²) in [5.74, 6) is -0.360. The van der Waals surface area contributed by atoms with Crippen molar-refractivity contribution in [3.8, 4) is 0 Å². The third-order valence-electron chi connectivity index (χ3n) is 3.58. The van der Waals surface area contributed by atoms with E-state index in [0.717, 1.165) is 22.2 Å². The van der Waals surface area contributed by atoms with E-state index < -0.39 is 0 Å². The Hall–Kier alpha value is -2.88. The SMILES string of the molecule is CCOC(=O)c1cnc2ccccc2c1NCc1ccccc1. The van der Waals surface area contributed by atoms with Crippen LogP contribution in [0.15, 0.2) is 60.8 Å². The molecule has 0 amide bonds. The lowest BCUT2D eigenvalue weighted by Crippen LogP contribution is -2.11. The molecule has 0 aliphatic rings. The van der Waals surface area contributed by atoms with Gasteiger partial charge in [-0.05, 0) is 18.6 Å². The van der Waals surface area contributed by atoms with Gasteiger partial charge in [0.05, 0.1) is 17.8 Å². The molecule has 0 saturated carbocycles. The van der Waals surface area contributed by atoms with Crippen LogP contribution in [0.3, 0.4) is 0 Å². The fourth-order valence-corrected chi connectivity index (χ4v) is 2.48. The van der Waals surface area contributed by atoms with E-state index in [0.29, 0.717) is 18.7 Å². The normalized spacial score (nSPS) is 10.5. The van der Waals surface area contributed by atoms with Crippen molar-refractivity contribution in [2.75, 3.05) is 11.9 Å². The van der Waals surface area contributed by atoms with Crippen molar-refractivity contribution in [1.82, 2.24) is 4.98 Å². The van der Waals surface area contributed by atoms with E-state index in [-0.39, 0.29) is 5.97 Å². The van der Waals surface area contributed by atoms with Crippen LogP contribution in [0.25, 0.3) is 10.9 Å². The van der Waals surface area contributed by atoms with E-state index in [1.54, 1.807) is 13.1 Å². The summed E-state index contributed by atoms with van der Waals surface area (Å²) < 4.78 is 5.15. The fourth-order valence-electron chi connectivity index (χ4n) is 2.48. The third-order valence-corrected chi connectivity index (χ3v) is 3.58. The Morgan fingerprint density at radius 3 is 2.61 bits per heavy atom. The lowest BCUT2D eigenvalue weighted by atomic mass is 10.1. The summed E-state index contributed by atoms with van der Waals surface area (Å²) in [5.41, 5.74) is 3.21. The topological polar surface area (TPSA) is 51.2 Å². The number of hydrogen-bond donors (Lipinski definition) is 1. The van der Waals surface area contributed by atoms with Crippen LogP contribution in [0.1, 0.15) is 22.8 Å². The number of hydrogen-bond acceptors (Lipinski definition) is 4.